The lowest BCUT2D eigenvalue weighted by molar-refractivity contribution is -0.138. The lowest BCUT2D eigenvalue weighted by Gasteiger charge is -2.32. The van der Waals surface area contributed by atoms with Gasteiger partial charge in [0.25, 0.3) is 0 Å². The quantitative estimate of drug-likeness (QED) is 0.705. The minimum absolute atomic E-state index is 0.0769. The predicted molar refractivity (Wildman–Crippen MR) is 113 cm³/mol. The molecule has 0 aliphatic carbocycles. The fraction of sp³-hybridized carbons (Fsp3) is 0.571. The molecule has 1 aromatic carbocycles. The van der Waals surface area contributed by atoms with Gasteiger partial charge in [0.15, 0.2) is 0 Å². The summed E-state index contributed by atoms with van der Waals surface area (Å²) in [5.74, 6) is -1.19. The van der Waals surface area contributed by atoms with E-state index < -0.39 is 15.9 Å². The number of nitrogens with zero attached hydrogens (tertiary/aromatic N) is 3. The third-order valence-electron chi connectivity index (χ3n) is 6.53. The van der Waals surface area contributed by atoms with E-state index in [1.807, 2.05) is 0 Å². The standard InChI is InChI=1S/C21H28N4O5S/c22-20(27)15-7-11-23(12-8-15)21(28)16-13-19(26)25(14-16)17-3-5-18(6-4-17)31(29,30)24-9-1-2-10-24/h3-6,15-16H,1-2,7-14H2,(H2,22,27). The first-order valence-electron chi connectivity index (χ1n) is 10.8. The van der Waals surface area contributed by atoms with E-state index in [1.54, 1.807) is 21.9 Å². The Hall–Kier alpha value is -2.46. The molecule has 0 radical (unpaired) electrons. The number of hydrogen-bond donors (Lipinski definition) is 1. The van der Waals surface area contributed by atoms with Crippen LogP contribution in [-0.4, -0.2) is 68.1 Å². The molecular weight excluding hydrogens is 420 g/mol. The zero-order valence-corrected chi connectivity index (χ0v) is 18.2. The molecule has 168 valence electrons. The van der Waals surface area contributed by atoms with Crippen LogP contribution >= 0.6 is 0 Å². The predicted octanol–water partition coefficient (Wildman–Crippen LogP) is 0.548. The maximum atomic E-state index is 12.9. The maximum absolute atomic E-state index is 12.9. The topological polar surface area (TPSA) is 121 Å². The zero-order chi connectivity index (χ0) is 22.2. The number of hydrogen-bond acceptors (Lipinski definition) is 5. The van der Waals surface area contributed by atoms with Crippen LogP contribution in [0.1, 0.15) is 32.1 Å². The molecule has 3 amide bonds. The fourth-order valence-electron chi connectivity index (χ4n) is 4.64. The monoisotopic (exact) mass is 448 g/mol. The van der Waals surface area contributed by atoms with Crippen LogP contribution in [0.4, 0.5) is 5.69 Å². The number of primary amides is 1. The Morgan fingerprint density at radius 3 is 2.13 bits per heavy atom. The van der Waals surface area contributed by atoms with Crippen LogP contribution in [0.3, 0.4) is 0 Å². The third-order valence-corrected chi connectivity index (χ3v) is 8.45. The van der Waals surface area contributed by atoms with Crippen molar-refractivity contribution < 1.29 is 22.8 Å². The van der Waals surface area contributed by atoms with E-state index in [1.165, 1.54) is 16.4 Å². The fourth-order valence-corrected chi connectivity index (χ4v) is 6.16. The van der Waals surface area contributed by atoms with E-state index >= 15 is 0 Å². The molecule has 10 heteroatoms. The lowest BCUT2D eigenvalue weighted by Crippen LogP contribution is -2.44. The summed E-state index contributed by atoms with van der Waals surface area (Å²) in [5, 5.41) is 0. The summed E-state index contributed by atoms with van der Waals surface area (Å²) in [5.41, 5.74) is 5.94. The molecule has 31 heavy (non-hydrogen) atoms. The van der Waals surface area contributed by atoms with Crippen LogP contribution < -0.4 is 10.6 Å². The third kappa shape index (κ3) is 4.31. The zero-order valence-electron chi connectivity index (χ0n) is 17.4. The Morgan fingerprint density at radius 1 is 0.935 bits per heavy atom. The average Bonchev–Trinajstić information content (AvgIpc) is 3.44. The molecule has 0 bridgehead atoms. The van der Waals surface area contributed by atoms with E-state index in [0.29, 0.717) is 44.7 Å². The van der Waals surface area contributed by atoms with Gasteiger partial charge < -0.3 is 15.5 Å². The van der Waals surface area contributed by atoms with Crippen molar-refractivity contribution in [2.75, 3.05) is 37.6 Å². The highest BCUT2D eigenvalue weighted by Gasteiger charge is 2.38. The van der Waals surface area contributed by atoms with Crippen LogP contribution in [0.15, 0.2) is 29.2 Å². The second kappa shape index (κ2) is 8.58. The molecule has 3 heterocycles. The normalized spacial score (nSPS) is 23.5. The van der Waals surface area contributed by atoms with Gasteiger partial charge in [-0.3, -0.25) is 14.4 Å². The minimum atomic E-state index is -3.51. The van der Waals surface area contributed by atoms with Gasteiger partial charge in [-0.2, -0.15) is 4.31 Å². The van der Waals surface area contributed by atoms with Crippen molar-refractivity contribution >= 4 is 33.4 Å². The van der Waals surface area contributed by atoms with E-state index in [-0.39, 0.29) is 41.5 Å². The van der Waals surface area contributed by atoms with Crippen molar-refractivity contribution in [1.29, 1.82) is 0 Å². The van der Waals surface area contributed by atoms with Gasteiger partial charge in [0.2, 0.25) is 27.7 Å². The van der Waals surface area contributed by atoms with Crippen molar-refractivity contribution in [3.63, 3.8) is 0 Å². The van der Waals surface area contributed by atoms with Gasteiger partial charge in [-0.15, -0.1) is 0 Å². The van der Waals surface area contributed by atoms with Crippen molar-refractivity contribution in [2.24, 2.45) is 17.6 Å². The van der Waals surface area contributed by atoms with E-state index in [2.05, 4.69) is 0 Å². The molecule has 3 aliphatic rings. The SMILES string of the molecule is NC(=O)C1CCN(C(=O)C2CC(=O)N(c3ccc(S(=O)(=O)N4CCCC4)cc3)C2)CC1. The Morgan fingerprint density at radius 2 is 1.55 bits per heavy atom. The molecule has 1 aromatic rings. The number of rotatable bonds is 5. The Labute approximate surface area is 182 Å². The van der Waals surface area contributed by atoms with Crippen LogP contribution in [0.25, 0.3) is 0 Å². The highest BCUT2D eigenvalue weighted by Crippen LogP contribution is 2.29. The van der Waals surface area contributed by atoms with Crippen molar-refractivity contribution in [2.45, 2.75) is 37.0 Å². The van der Waals surface area contributed by atoms with Gasteiger partial charge in [0.1, 0.15) is 0 Å². The van der Waals surface area contributed by atoms with Crippen LogP contribution in [0.5, 0.6) is 0 Å². The summed E-state index contributed by atoms with van der Waals surface area (Å²) < 4.78 is 26.8. The largest absolute Gasteiger partial charge is 0.369 e. The molecule has 1 unspecified atom stereocenters. The molecular formula is C21H28N4O5S. The van der Waals surface area contributed by atoms with Gasteiger partial charge >= 0.3 is 0 Å². The summed E-state index contributed by atoms with van der Waals surface area (Å²) in [6, 6.07) is 6.32. The van der Waals surface area contributed by atoms with Crippen molar-refractivity contribution in [3.05, 3.63) is 24.3 Å². The summed E-state index contributed by atoms with van der Waals surface area (Å²) in [6.45, 7) is 2.29. The Balaban J connectivity index is 1.40. The lowest BCUT2D eigenvalue weighted by atomic mass is 9.95. The molecule has 0 aromatic heterocycles. The molecule has 3 fully saturated rings. The molecule has 2 N–H and O–H groups in total. The van der Waals surface area contributed by atoms with E-state index in [4.69, 9.17) is 5.73 Å². The first kappa shape index (κ1) is 21.8. The minimum Gasteiger partial charge on any atom is -0.369 e. The number of benzene rings is 1. The van der Waals surface area contributed by atoms with Crippen LogP contribution in [-0.2, 0) is 24.4 Å². The van der Waals surface area contributed by atoms with E-state index in [0.717, 1.165) is 12.8 Å². The summed E-state index contributed by atoms with van der Waals surface area (Å²) in [6.07, 6.45) is 2.98. The Bertz CT molecular complexity index is 964. The van der Waals surface area contributed by atoms with Crippen LogP contribution in [0.2, 0.25) is 0 Å². The van der Waals surface area contributed by atoms with Gasteiger partial charge in [-0.25, -0.2) is 8.42 Å². The second-order valence-corrected chi connectivity index (χ2v) is 10.5. The maximum Gasteiger partial charge on any atom is 0.243 e. The van der Waals surface area contributed by atoms with Gasteiger partial charge in [-0.05, 0) is 49.9 Å². The van der Waals surface area contributed by atoms with Gasteiger partial charge in [0.05, 0.1) is 10.8 Å². The molecule has 4 rings (SSSR count). The van der Waals surface area contributed by atoms with Gasteiger partial charge in [-0.1, -0.05) is 0 Å². The first-order chi connectivity index (χ1) is 14.8. The molecule has 0 saturated carbocycles. The number of amides is 3. The molecule has 3 saturated heterocycles. The molecule has 1 atom stereocenters. The summed E-state index contributed by atoms with van der Waals surface area (Å²) in [7, 11) is -3.51. The summed E-state index contributed by atoms with van der Waals surface area (Å²) in [4.78, 5) is 40.2. The number of sulfonamides is 1. The first-order valence-corrected chi connectivity index (χ1v) is 12.2. The second-order valence-electron chi connectivity index (χ2n) is 8.51. The smallest absolute Gasteiger partial charge is 0.243 e. The number of anilines is 1. The number of nitrogens with two attached hydrogens (primary N) is 1. The van der Waals surface area contributed by atoms with Crippen molar-refractivity contribution in [3.8, 4) is 0 Å². The number of carbonyl (C=O) groups is 3. The summed E-state index contributed by atoms with van der Waals surface area (Å²) >= 11 is 0. The van der Waals surface area contributed by atoms with E-state index in [9.17, 15) is 22.8 Å². The molecule has 3 aliphatic heterocycles. The highest BCUT2D eigenvalue weighted by molar-refractivity contribution is 7.89. The highest BCUT2D eigenvalue weighted by atomic mass is 32.2. The van der Waals surface area contributed by atoms with Crippen molar-refractivity contribution in [1.82, 2.24) is 9.21 Å². The van der Waals surface area contributed by atoms with Crippen LogP contribution in [0, 0.1) is 11.8 Å². The molecule has 9 nitrogen and oxygen atoms in total. The Kier molecular flexibility index (Phi) is 6.02. The number of likely N-dealkylation sites (tertiary alicyclic amines) is 1. The van der Waals surface area contributed by atoms with Gasteiger partial charge in [0, 0.05) is 50.7 Å². The number of carbonyl (C=O) groups excluding carboxylic acids is 3. The average molecular weight is 449 g/mol. The molecule has 0 spiro atoms. The number of piperidine rings is 1.